The first-order chi connectivity index (χ1) is 14.8. The van der Waals surface area contributed by atoms with Gasteiger partial charge in [0.15, 0.2) is 21.4 Å². The number of fused-ring (bicyclic) bond motifs is 2. The van der Waals surface area contributed by atoms with E-state index >= 15 is 0 Å². The lowest BCUT2D eigenvalue weighted by Gasteiger charge is -2.18. The van der Waals surface area contributed by atoms with Crippen molar-refractivity contribution in [3.8, 4) is 0 Å². The Balaban J connectivity index is 1.51. The second kappa shape index (κ2) is 7.92. The smallest absolute Gasteiger partial charge is 0.228 e. The van der Waals surface area contributed by atoms with Crippen molar-refractivity contribution in [2.24, 2.45) is 0 Å². The Morgan fingerprint density at radius 1 is 0.806 bits per heavy atom. The maximum atomic E-state index is 12.8. The van der Waals surface area contributed by atoms with Gasteiger partial charge >= 0.3 is 0 Å². The summed E-state index contributed by atoms with van der Waals surface area (Å²) < 4.78 is 23.8. The molecule has 1 aliphatic carbocycles. The molecule has 0 aliphatic heterocycles. The SMILES string of the molecule is CCS(=O)(=O)c1ccc(CC(=O)Nc2ccc3c(c2)C(=O)c2ccccc2C3=O)cc1. The van der Waals surface area contributed by atoms with Crippen LogP contribution < -0.4 is 5.32 Å². The molecule has 0 unspecified atom stereocenters. The van der Waals surface area contributed by atoms with Crippen LogP contribution in [0.5, 0.6) is 0 Å². The van der Waals surface area contributed by atoms with Crippen LogP contribution in [0.1, 0.15) is 44.3 Å². The second-order valence-corrected chi connectivity index (χ2v) is 9.51. The molecule has 0 radical (unpaired) electrons. The summed E-state index contributed by atoms with van der Waals surface area (Å²) in [5, 5.41) is 2.74. The Kier molecular flexibility index (Phi) is 5.29. The maximum Gasteiger partial charge on any atom is 0.228 e. The van der Waals surface area contributed by atoms with Crippen molar-refractivity contribution in [1.29, 1.82) is 0 Å². The number of hydrogen-bond acceptors (Lipinski definition) is 5. The number of amides is 1. The summed E-state index contributed by atoms with van der Waals surface area (Å²) in [7, 11) is -3.29. The van der Waals surface area contributed by atoms with E-state index in [1.165, 1.54) is 18.2 Å². The minimum absolute atomic E-state index is 0.0108. The van der Waals surface area contributed by atoms with Crippen LogP contribution in [-0.4, -0.2) is 31.6 Å². The topological polar surface area (TPSA) is 97.4 Å². The molecular weight excluding hydrogens is 414 g/mol. The molecule has 156 valence electrons. The predicted octanol–water partition coefficient (Wildman–Crippen LogP) is 3.44. The second-order valence-electron chi connectivity index (χ2n) is 7.24. The van der Waals surface area contributed by atoms with Gasteiger partial charge in [0.2, 0.25) is 5.91 Å². The van der Waals surface area contributed by atoms with Crippen molar-refractivity contribution in [3.63, 3.8) is 0 Å². The van der Waals surface area contributed by atoms with Gasteiger partial charge in [-0.05, 0) is 35.9 Å². The normalized spacial score (nSPS) is 12.8. The van der Waals surface area contributed by atoms with Gasteiger partial charge in [-0.1, -0.05) is 43.3 Å². The Hall–Kier alpha value is -3.58. The van der Waals surface area contributed by atoms with E-state index in [2.05, 4.69) is 5.32 Å². The average Bonchev–Trinajstić information content (AvgIpc) is 2.77. The first-order valence-corrected chi connectivity index (χ1v) is 11.4. The van der Waals surface area contributed by atoms with Gasteiger partial charge in [-0.2, -0.15) is 0 Å². The molecule has 0 aromatic heterocycles. The van der Waals surface area contributed by atoms with E-state index in [4.69, 9.17) is 0 Å². The Morgan fingerprint density at radius 2 is 1.39 bits per heavy atom. The zero-order chi connectivity index (χ0) is 22.2. The van der Waals surface area contributed by atoms with E-state index in [0.29, 0.717) is 27.9 Å². The van der Waals surface area contributed by atoms with Gasteiger partial charge in [0.05, 0.1) is 17.1 Å². The highest BCUT2D eigenvalue weighted by atomic mass is 32.2. The monoisotopic (exact) mass is 433 g/mol. The number of carbonyl (C=O) groups is 3. The van der Waals surface area contributed by atoms with Gasteiger partial charge in [0, 0.05) is 27.9 Å². The largest absolute Gasteiger partial charge is 0.326 e. The summed E-state index contributed by atoms with van der Waals surface area (Å²) >= 11 is 0. The van der Waals surface area contributed by atoms with Gasteiger partial charge in [-0.3, -0.25) is 14.4 Å². The molecule has 0 spiro atoms. The van der Waals surface area contributed by atoms with Gasteiger partial charge in [0.25, 0.3) is 0 Å². The number of hydrogen-bond donors (Lipinski definition) is 1. The number of carbonyl (C=O) groups excluding carboxylic acids is 3. The molecule has 0 heterocycles. The molecule has 0 saturated carbocycles. The highest BCUT2D eigenvalue weighted by Gasteiger charge is 2.29. The Labute approximate surface area is 179 Å². The average molecular weight is 433 g/mol. The lowest BCUT2D eigenvalue weighted by Crippen LogP contribution is -2.21. The van der Waals surface area contributed by atoms with E-state index < -0.39 is 9.84 Å². The molecule has 0 atom stereocenters. The molecule has 6 nitrogen and oxygen atoms in total. The lowest BCUT2D eigenvalue weighted by molar-refractivity contribution is -0.115. The van der Waals surface area contributed by atoms with E-state index in [1.807, 2.05) is 0 Å². The molecule has 31 heavy (non-hydrogen) atoms. The Bertz CT molecular complexity index is 1320. The Morgan fingerprint density at radius 3 is 2.00 bits per heavy atom. The number of rotatable bonds is 5. The zero-order valence-electron chi connectivity index (χ0n) is 16.7. The number of anilines is 1. The molecule has 1 aliphatic rings. The first kappa shape index (κ1) is 20.7. The highest BCUT2D eigenvalue weighted by Crippen LogP contribution is 2.29. The first-order valence-electron chi connectivity index (χ1n) is 9.74. The highest BCUT2D eigenvalue weighted by molar-refractivity contribution is 7.91. The van der Waals surface area contributed by atoms with Crippen molar-refractivity contribution in [3.05, 3.63) is 94.5 Å². The van der Waals surface area contributed by atoms with Gasteiger partial charge in [-0.15, -0.1) is 0 Å². The van der Waals surface area contributed by atoms with Crippen molar-refractivity contribution < 1.29 is 22.8 Å². The van der Waals surface area contributed by atoms with Crippen LogP contribution in [0.3, 0.4) is 0 Å². The molecule has 0 bridgehead atoms. The van der Waals surface area contributed by atoms with Crippen molar-refractivity contribution in [1.82, 2.24) is 0 Å². The summed E-state index contributed by atoms with van der Waals surface area (Å²) in [5.74, 6) is -0.781. The van der Waals surface area contributed by atoms with Crippen LogP contribution in [0.4, 0.5) is 5.69 Å². The van der Waals surface area contributed by atoms with Crippen LogP contribution in [0.2, 0.25) is 0 Å². The summed E-state index contributed by atoms with van der Waals surface area (Å²) in [5.41, 5.74) is 2.38. The number of sulfone groups is 1. The molecule has 0 fully saturated rings. The molecule has 0 saturated heterocycles. The molecule has 4 rings (SSSR count). The summed E-state index contributed by atoms with van der Waals surface area (Å²) in [4.78, 5) is 38.1. The van der Waals surface area contributed by atoms with Crippen LogP contribution >= 0.6 is 0 Å². The van der Waals surface area contributed by atoms with Crippen molar-refractivity contribution in [2.45, 2.75) is 18.2 Å². The number of nitrogens with one attached hydrogen (secondary N) is 1. The van der Waals surface area contributed by atoms with Crippen molar-refractivity contribution in [2.75, 3.05) is 11.1 Å². The molecule has 3 aromatic carbocycles. The van der Waals surface area contributed by atoms with Gasteiger partial charge < -0.3 is 5.32 Å². The predicted molar refractivity (Wildman–Crippen MR) is 116 cm³/mol. The van der Waals surface area contributed by atoms with Crippen LogP contribution in [0.15, 0.2) is 71.6 Å². The fourth-order valence-electron chi connectivity index (χ4n) is 3.55. The van der Waals surface area contributed by atoms with Crippen LogP contribution in [0.25, 0.3) is 0 Å². The molecule has 7 heteroatoms. The third-order valence-electron chi connectivity index (χ3n) is 5.24. The van der Waals surface area contributed by atoms with E-state index in [-0.39, 0.29) is 40.1 Å². The summed E-state index contributed by atoms with van der Waals surface area (Å²) in [6, 6.07) is 17.5. The minimum Gasteiger partial charge on any atom is -0.326 e. The van der Waals surface area contributed by atoms with Gasteiger partial charge in [-0.25, -0.2) is 8.42 Å². The minimum atomic E-state index is -3.29. The van der Waals surface area contributed by atoms with Crippen LogP contribution in [0, 0.1) is 0 Å². The fourth-order valence-corrected chi connectivity index (χ4v) is 4.43. The van der Waals surface area contributed by atoms with Crippen molar-refractivity contribution >= 4 is 33.0 Å². The maximum absolute atomic E-state index is 12.8. The fraction of sp³-hybridized carbons (Fsp3) is 0.125. The van der Waals surface area contributed by atoms with E-state index in [0.717, 1.165) is 0 Å². The quantitative estimate of drug-likeness (QED) is 0.520. The molecular formula is C24H19NO5S. The molecule has 1 amide bonds. The summed E-state index contributed by atoms with van der Waals surface area (Å²) in [6.07, 6.45) is 0.0409. The molecule has 3 aromatic rings. The van der Waals surface area contributed by atoms with E-state index in [9.17, 15) is 22.8 Å². The summed E-state index contributed by atoms with van der Waals surface area (Å²) in [6.45, 7) is 1.58. The van der Waals surface area contributed by atoms with Gasteiger partial charge in [0.1, 0.15) is 0 Å². The molecule has 1 N–H and O–H groups in total. The third kappa shape index (κ3) is 3.92. The van der Waals surface area contributed by atoms with E-state index in [1.54, 1.807) is 55.5 Å². The lowest BCUT2D eigenvalue weighted by atomic mass is 9.84. The zero-order valence-corrected chi connectivity index (χ0v) is 17.5. The number of benzene rings is 3. The van der Waals surface area contributed by atoms with Crippen LogP contribution in [-0.2, 0) is 21.1 Å². The standard InChI is InChI=1S/C24H19NO5S/c1-2-31(29,30)17-10-7-15(8-11-17)13-22(26)25-16-9-12-20-21(14-16)24(28)19-6-4-3-5-18(19)23(20)27/h3-12,14H,2,13H2,1H3,(H,25,26). The third-order valence-corrected chi connectivity index (χ3v) is 6.99. The number of ketones is 2.